The molecule has 2 rings (SSSR count). The molecule has 2 amide bonds. The summed E-state index contributed by atoms with van der Waals surface area (Å²) in [5.41, 5.74) is 0.797. The van der Waals surface area contributed by atoms with Crippen LogP contribution in [0.2, 0.25) is 5.02 Å². The van der Waals surface area contributed by atoms with E-state index in [4.69, 9.17) is 11.6 Å². The van der Waals surface area contributed by atoms with Gasteiger partial charge in [-0.05, 0) is 36.5 Å². The van der Waals surface area contributed by atoms with E-state index in [9.17, 15) is 22.8 Å². The first-order valence-corrected chi connectivity index (χ1v) is 8.00. The van der Waals surface area contributed by atoms with Crippen molar-refractivity contribution >= 4 is 23.4 Å². The Labute approximate surface area is 143 Å². The van der Waals surface area contributed by atoms with Crippen LogP contribution in [0.3, 0.4) is 0 Å². The summed E-state index contributed by atoms with van der Waals surface area (Å²) in [4.78, 5) is 23.9. The first-order chi connectivity index (χ1) is 11.3. The second kappa shape index (κ2) is 7.88. The summed E-state index contributed by atoms with van der Waals surface area (Å²) in [6.07, 6.45) is -3.73. The van der Waals surface area contributed by atoms with Crippen LogP contribution in [0.5, 0.6) is 0 Å². The lowest BCUT2D eigenvalue weighted by atomic mass is 9.96. The second-order valence-electron chi connectivity index (χ2n) is 5.84. The summed E-state index contributed by atoms with van der Waals surface area (Å²) < 4.78 is 37.1. The topological polar surface area (TPSA) is 49.4 Å². The van der Waals surface area contributed by atoms with Crippen molar-refractivity contribution in [1.29, 1.82) is 0 Å². The number of hydrogen-bond acceptors (Lipinski definition) is 2. The molecule has 0 saturated carbocycles. The van der Waals surface area contributed by atoms with E-state index in [2.05, 4.69) is 5.32 Å². The highest BCUT2D eigenvalue weighted by molar-refractivity contribution is 6.30. The van der Waals surface area contributed by atoms with Gasteiger partial charge in [0.15, 0.2) is 0 Å². The quantitative estimate of drug-likeness (QED) is 0.895. The smallest absolute Gasteiger partial charge is 0.356 e. The van der Waals surface area contributed by atoms with Crippen LogP contribution in [0.1, 0.15) is 18.4 Å². The highest BCUT2D eigenvalue weighted by Crippen LogP contribution is 2.23. The standard InChI is InChI=1S/C16H18ClF3N2O2/c17-13-3-1-2-12(8-13)9-14(23)21-10-11-4-6-22(7-5-11)15(24)16(18,19)20/h1-3,8,11H,4-7,9-10H2,(H,21,23). The average molecular weight is 363 g/mol. The third-order valence-corrected chi connectivity index (χ3v) is 4.22. The fourth-order valence-corrected chi connectivity index (χ4v) is 2.89. The van der Waals surface area contributed by atoms with E-state index in [0.717, 1.165) is 10.5 Å². The van der Waals surface area contributed by atoms with Crippen molar-refractivity contribution in [2.75, 3.05) is 19.6 Å². The van der Waals surface area contributed by atoms with Crippen LogP contribution in [0.15, 0.2) is 24.3 Å². The van der Waals surface area contributed by atoms with Crippen LogP contribution in [-0.2, 0) is 16.0 Å². The largest absolute Gasteiger partial charge is 0.471 e. The number of rotatable bonds is 4. The molecule has 0 radical (unpaired) electrons. The van der Waals surface area contributed by atoms with E-state index in [0.29, 0.717) is 24.4 Å². The van der Waals surface area contributed by atoms with E-state index in [1.54, 1.807) is 24.3 Å². The van der Waals surface area contributed by atoms with Gasteiger partial charge in [-0.15, -0.1) is 0 Å². The van der Waals surface area contributed by atoms with Gasteiger partial charge in [-0.1, -0.05) is 23.7 Å². The third kappa shape index (κ3) is 5.40. The van der Waals surface area contributed by atoms with Crippen molar-refractivity contribution < 1.29 is 22.8 Å². The number of nitrogens with zero attached hydrogens (tertiary/aromatic N) is 1. The number of amides is 2. The molecule has 0 aliphatic carbocycles. The van der Waals surface area contributed by atoms with E-state index in [1.165, 1.54) is 0 Å². The molecule has 8 heteroatoms. The van der Waals surface area contributed by atoms with Crippen molar-refractivity contribution in [3.8, 4) is 0 Å². The molecule has 1 fully saturated rings. The van der Waals surface area contributed by atoms with E-state index in [1.807, 2.05) is 0 Å². The van der Waals surface area contributed by atoms with Gasteiger partial charge >= 0.3 is 12.1 Å². The van der Waals surface area contributed by atoms with Crippen LogP contribution in [0.25, 0.3) is 0 Å². The van der Waals surface area contributed by atoms with Gasteiger partial charge in [0.2, 0.25) is 5.91 Å². The molecule has 24 heavy (non-hydrogen) atoms. The molecule has 0 unspecified atom stereocenters. The summed E-state index contributed by atoms with van der Waals surface area (Å²) >= 11 is 5.85. The number of nitrogens with one attached hydrogen (secondary N) is 1. The van der Waals surface area contributed by atoms with Crippen molar-refractivity contribution in [3.05, 3.63) is 34.9 Å². The summed E-state index contributed by atoms with van der Waals surface area (Å²) in [6.45, 7) is 0.522. The molecule has 1 saturated heterocycles. The Morgan fingerprint density at radius 3 is 2.50 bits per heavy atom. The molecule has 0 atom stereocenters. The minimum Gasteiger partial charge on any atom is -0.356 e. The van der Waals surface area contributed by atoms with Gasteiger partial charge in [-0.2, -0.15) is 13.2 Å². The molecule has 1 N–H and O–H groups in total. The maximum Gasteiger partial charge on any atom is 0.471 e. The maximum absolute atomic E-state index is 12.4. The first-order valence-electron chi connectivity index (χ1n) is 7.63. The predicted octanol–water partition coefficient (Wildman–Crippen LogP) is 2.80. The Kier molecular flexibility index (Phi) is 6.10. The number of alkyl halides is 3. The van der Waals surface area contributed by atoms with Gasteiger partial charge in [0.1, 0.15) is 0 Å². The molecular formula is C16H18ClF3N2O2. The first kappa shape index (κ1) is 18.6. The predicted molar refractivity (Wildman–Crippen MR) is 83.5 cm³/mol. The molecule has 1 aromatic rings. The molecular weight excluding hydrogens is 345 g/mol. The second-order valence-corrected chi connectivity index (χ2v) is 6.28. The van der Waals surface area contributed by atoms with Crippen LogP contribution >= 0.6 is 11.6 Å². The SMILES string of the molecule is O=C(Cc1cccc(Cl)c1)NCC1CCN(C(=O)C(F)(F)F)CC1. The lowest BCUT2D eigenvalue weighted by Crippen LogP contribution is -2.46. The Hall–Kier alpha value is -1.76. The molecule has 1 aromatic carbocycles. The van der Waals surface area contributed by atoms with Crippen LogP contribution in [-0.4, -0.2) is 42.5 Å². The molecule has 1 heterocycles. The van der Waals surface area contributed by atoms with Crippen molar-refractivity contribution in [2.24, 2.45) is 5.92 Å². The lowest BCUT2D eigenvalue weighted by Gasteiger charge is -2.32. The fraction of sp³-hybridized carbons (Fsp3) is 0.500. The molecule has 132 valence electrons. The zero-order chi connectivity index (χ0) is 17.7. The van der Waals surface area contributed by atoms with Gasteiger partial charge in [0.25, 0.3) is 0 Å². The average Bonchev–Trinajstić information content (AvgIpc) is 2.52. The minimum absolute atomic E-state index is 0.0627. The Bertz CT molecular complexity index is 599. The lowest BCUT2D eigenvalue weighted by molar-refractivity contribution is -0.186. The van der Waals surface area contributed by atoms with Gasteiger partial charge in [-0.3, -0.25) is 9.59 Å². The van der Waals surface area contributed by atoms with Crippen LogP contribution in [0.4, 0.5) is 13.2 Å². The molecule has 1 aliphatic heterocycles. The Morgan fingerprint density at radius 1 is 1.25 bits per heavy atom. The Balaban J connectivity index is 1.72. The van der Waals surface area contributed by atoms with E-state index < -0.39 is 12.1 Å². The highest BCUT2D eigenvalue weighted by atomic mass is 35.5. The molecule has 0 bridgehead atoms. The number of carbonyl (C=O) groups excluding carboxylic acids is 2. The van der Waals surface area contributed by atoms with Crippen molar-refractivity contribution in [1.82, 2.24) is 10.2 Å². The van der Waals surface area contributed by atoms with E-state index in [-0.39, 0.29) is 31.3 Å². The van der Waals surface area contributed by atoms with E-state index >= 15 is 0 Å². The zero-order valence-electron chi connectivity index (χ0n) is 12.9. The van der Waals surface area contributed by atoms with Gasteiger partial charge < -0.3 is 10.2 Å². The van der Waals surface area contributed by atoms with Crippen LogP contribution < -0.4 is 5.32 Å². The number of hydrogen-bond donors (Lipinski definition) is 1. The van der Waals surface area contributed by atoms with Gasteiger partial charge in [-0.25, -0.2) is 0 Å². The maximum atomic E-state index is 12.4. The summed E-state index contributed by atoms with van der Waals surface area (Å²) in [6, 6.07) is 6.99. The number of halogens is 4. The van der Waals surface area contributed by atoms with Crippen molar-refractivity contribution in [3.63, 3.8) is 0 Å². The number of likely N-dealkylation sites (tertiary alicyclic amines) is 1. The summed E-state index contributed by atoms with van der Waals surface area (Å²) in [5.74, 6) is -1.87. The number of carbonyl (C=O) groups is 2. The zero-order valence-corrected chi connectivity index (χ0v) is 13.7. The molecule has 0 spiro atoms. The fourth-order valence-electron chi connectivity index (χ4n) is 2.67. The molecule has 1 aliphatic rings. The summed E-state index contributed by atoms with van der Waals surface area (Å²) in [7, 11) is 0. The normalized spacial score (nSPS) is 16.1. The van der Waals surface area contributed by atoms with Gasteiger partial charge in [0, 0.05) is 24.7 Å². The molecule has 0 aromatic heterocycles. The van der Waals surface area contributed by atoms with Crippen molar-refractivity contribution in [2.45, 2.75) is 25.4 Å². The monoisotopic (exact) mass is 362 g/mol. The highest BCUT2D eigenvalue weighted by Gasteiger charge is 2.43. The third-order valence-electron chi connectivity index (χ3n) is 3.99. The van der Waals surface area contributed by atoms with Gasteiger partial charge in [0.05, 0.1) is 6.42 Å². The number of piperidine rings is 1. The minimum atomic E-state index is -4.82. The number of benzene rings is 1. The molecule has 4 nitrogen and oxygen atoms in total. The Morgan fingerprint density at radius 2 is 1.92 bits per heavy atom. The summed E-state index contributed by atoms with van der Waals surface area (Å²) in [5, 5.41) is 3.34. The van der Waals surface area contributed by atoms with Crippen LogP contribution in [0, 0.1) is 5.92 Å².